The number of rotatable bonds is 12. The van der Waals surface area contributed by atoms with Crippen molar-refractivity contribution in [2.24, 2.45) is 17.8 Å². The molecule has 3 fully saturated rings. The summed E-state index contributed by atoms with van der Waals surface area (Å²) >= 11 is 1.62. The first-order chi connectivity index (χ1) is 16.1. The van der Waals surface area contributed by atoms with Crippen LogP contribution in [0.25, 0.3) is 0 Å². The number of esters is 1. The molecule has 0 saturated carbocycles. The molecule has 8 heteroatoms. The van der Waals surface area contributed by atoms with Crippen LogP contribution in [0.2, 0.25) is 0 Å². The van der Waals surface area contributed by atoms with Crippen LogP contribution < -0.4 is 0 Å². The zero-order valence-corrected chi connectivity index (χ0v) is 21.8. The van der Waals surface area contributed by atoms with Crippen molar-refractivity contribution in [1.29, 1.82) is 0 Å². The van der Waals surface area contributed by atoms with Gasteiger partial charge in [0.05, 0.1) is 35.8 Å². The molecule has 3 heterocycles. The minimum Gasteiger partial charge on any atom is -0.465 e. The van der Waals surface area contributed by atoms with Crippen molar-refractivity contribution < 1.29 is 24.2 Å². The van der Waals surface area contributed by atoms with Crippen LogP contribution in [0.3, 0.4) is 0 Å². The number of carbonyl (C=O) groups is 3. The molecule has 0 aromatic heterocycles. The second kappa shape index (κ2) is 10.9. The van der Waals surface area contributed by atoms with Crippen LogP contribution in [0.1, 0.15) is 53.4 Å². The van der Waals surface area contributed by atoms with Crippen molar-refractivity contribution in [3.05, 3.63) is 25.3 Å². The third-order valence-electron chi connectivity index (χ3n) is 7.39. The minimum absolute atomic E-state index is 0.0350. The molecule has 7 nitrogen and oxygen atoms in total. The molecule has 2 unspecified atom stereocenters. The Labute approximate surface area is 208 Å². The molecule has 34 heavy (non-hydrogen) atoms. The molecule has 3 aliphatic heterocycles. The Morgan fingerprint density at radius 3 is 2.56 bits per heavy atom. The predicted molar refractivity (Wildman–Crippen MR) is 134 cm³/mol. The standard InChI is InChI=1S/C26H40N2O5S/c1-7-9-13-33-25(32)20-19-10-11-26(34-19)21(20)23(30)28(18(15-29)14-16(3)4)22(26)24(31)27(12-8-2)17(5)6/h7-8,16-22,29H,1-2,9-15H2,3-6H3/t18-,19+,20-,21+,22?,26?/m1/s1. The van der Waals surface area contributed by atoms with Gasteiger partial charge in [-0.2, -0.15) is 0 Å². The largest absolute Gasteiger partial charge is 0.465 e. The quantitative estimate of drug-likeness (QED) is 0.256. The third-order valence-corrected chi connectivity index (χ3v) is 9.34. The summed E-state index contributed by atoms with van der Waals surface area (Å²) in [5.41, 5.74) is 0. The van der Waals surface area contributed by atoms with E-state index in [0.29, 0.717) is 25.8 Å². The zero-order valence-electron chi connectivity index (χ0n) is 20.9. The lowest BCUT2D eigenvalue weighted by atomic mass is 9.71. The molecular formula is C26H40N2O5S. The molecule has 2 amide bonds. The highest BCUT2D eigenvalue weighted by Crippen LogP contribution is 2.67. The van der Waals surface area contributed by atoms with E-state index in [9.17, 15) is 19.5 Å². The Kier molecular flexibility index (Phi) is 8.56. The van der Waals surface area contributed by atoms with Gasteiger partial charge in [0.2, 0.25) is 11.8 Å². The molecule has 0 aliphatic carbocycles. The fourth-order valence-electron chi connectivity index (χ4n) is 6.04. The second-order valence-electron chi connectivity index (χ2n) is 10.4. The minimum atomic E-state index is -0.718. The summed E-state index contributed by atoms with van der Waals surface area (Å²) in [6.45, 7) is 15.9. The summed E-state index contributed by atoms with van der Waals surface area (Å²) in [7, 11) is 0. The van der Waals surface area contributed by atoms with Crippen LogP contribution in [0.4, 0.5) is 0 Å². The Bertz CT molecular complexity index is 815. The molecule has 190 valence electrons. The highest BCUT2D eigenvalue weighted by Gasteiger charge is 2.74. The molecule has 6 atom stereocenters. The average molecular weight is 493 g/mol. The molecular weight excluding hydrogens is 452 g/mol. The maximum atomic E-state index is 14.1. The first-order valence-electron chi connectivity index (χ1n) is 12.4. The fourth-order valence-corrected chi connectivity index (χ4v) is 8.23. The third kappa shape index (κ3) is 4.55. The molecule has 1 spiro atoms. The second-order valence-corrected chi connectivity index (χ2v) is 12.0. The number of aliphatic hydroxyl groups is 1. The van der Waals surface area contributed by atoms with E-state index in [-0.39, 0.29) is 48.2 Å². The van der Waals surface area contributed by atoms with Gasteiger partial charge in [-0.25, -0.2) is 0 Å². The van der Waals surface area contributed by atoms with Gasteiger partial charge >= 0.3 is 5.97 Å². The summed E-state index contributed by atoms with van der Waals surface area (Å²) < 4.78 is 4.85. The lowest BCUT2D eigenvalue weighted by Gasteiger charge is -2.41. The van der Waals surface area contributed by atoms with E-state index in [1.165, 1.54) is 0 Å². The van der Waals surface area contributed by atoms with Crippen molar-refractivity contribution in [3.8, 4) is 0 Å². The highest BCUT2D eigenvalue weighted by molar-refractivity contribution is 8.02. The molecule has 0 aromatic carbocycles. The van der Waals surface area contributed by atoms with Gasteiger partial charge < -0.3 is 19.6 Å². The van der Waals surface area contributed by atoms with Gasteiger partial charge in [-0.1, -0.05) is 26.0 Å². The SMILES string of the molecule is C=CCCOC(=O)[C@@H]1[C@@H]2CCC3(S2)C(C(=O)N(CC=C)C(C)C)N([C@@H](CO)CC(C)C)C(=O)[C@H]13. The van der Waals surface area contributed by atoms with E-state index in [1.54, 1.807) is 33.7 Å². The summed E-state index contributed by atoms with van der Waals surface area (Å²) in [5, 5.41) is 10.3. The lowest BCUT2D eigenvalue weighted by Crippen LogP contribution is -2.58. The van der Waals surface area contributed by atoms with E-state index in [4.69, 9.17) is 4.74 Å². The normalized spacial score (nSPS) is 30.6. The lowest BCUT2D eigenvalue weighted by molar-refractivity contribution is -0.154. The number of hydrogen-bond donors (Lipinski definition) is 1. The van der Waals surface area contributed by atoms with Crippen LogP contribution in [-0.4, -0.2) is 80.6 Å². The number of aliphatic hydroxyl groups excluding tert-OH is 1. The van der Waals surface area contributed by atoms with Crippen LogP contribution in [-0.2, 0) is 19.1 Å². The molecule has 3 aliphatic rings. The van der Waals surface area contributed by atoms with Gasteiger partial charge in [0.15, 0.2) is 0 Å². The van der Waals surface area contributed by atoms with Gasteiger partial charge in [-0.15, -0.1) is 24.9 Å². The fraction of sp³-hybridized carbons (Fsp3) is 0.731. The molecule has 0 radical (unpaired) electrons. The van der Waals surface area contributed by atoms with Crippen molar-refractivity contribution in [2.45, 2.75) is 81.5 Å². The molecule has 3 rings (SSSR count). The monoisotopic (exact) mass is 492 g/mol. The van der Waals surface area contributed by atoms with Crippen molar-refractivity contribution >= 4 is 29.5 Å². The Morgan fingerprint density at radius 2 is 2.00 bits per heavy atom. The average Bonchev–Trinajstić information content (AvgIpc) is 3.42. The van der Waals surface area contributed by atoms with Crippen LogP contribution >= 0.6 is 11.8 Å². The Morgan fingerprint density at radius 1 is 1.29 bits per heavy atom. The number of nitrogens with zero attached hydrogens (tertiary/aromatic N) is 2. The number of amides is 2. The van der Waals surface area contributed by atoms with Crippen molar-refractivity contribution in [2.75, 3.05) is 19.8 Å². The number of fused-ring (bicyclic) bond motifs is 1. The van der Waals surface area contributed by atoms with Crippen LogP contribution in [0.15, 0.2) is 25.3 Å². The number of carbonyl (C=O) groups excluding carboxylic acids is 3. The molecule has 2 bridgehead atoms. The van der Waals surface area contributed by atoms with Crippen molar-refractivity contribution in [3.63, 3.8) is 0 Å². The first kappa shape index (κ1) is 26.8. The maximum absolute atomic E-state index is 14.1. The van der Waals surface area contributed by atoms with Gasteiger partial charge in [-0.05, 0) is 45.4 Å². The van der Waals surface area contributed by atoms with Crippen molar-refractivity contribution in [1.82, 2.24) is 9.80 Å². The highest BCUT2D eigenvalue weighted by atomic mass is 32.2. The number of likely N-dealkylation sites (tertiary alicyclic amines) is 1. The van der Waals surface area contributed by atoms with Gasteiger partial charge in [0, 0.05) is 17.8 Å². The first-order valence-corrected chi connectivity index (χ1v) is 13.3. The van der Waals surface area contributed by atoms with Gasteiger partial charge in [-0.3, -0.25) is 14.4 Å². The Balaban J connectivity index is 2.05. The summed E-state index contributed by atoms with van der Waals surface area (Å²) in [6.07, 6.45) is 6.00. The predicted octanol–water partition coefficient (Wildman–Crippen LogP) is 3.03. The van der Waals surface area contributed by atoms with Gasteiger partial charge in [0.25, 0.3) is 0 Å². The van der Waals surface area contributed by atoms with E-state index in [1.807, 2.05) is 27.7 Å². The summed E-state index contributed by atoms with van der Waals surface area (Å²) in [5.74, 6) is -1.62. The van der Waals surface area contributed by atoms with E-state index < -0.39 is 28.7 Å². The van der Waals surface area contributed by atoms with E-state index >= 15 is 0 Å². The number of ether oxygens (including phenoxy) is 1. The topological polar surface area (TPSA) is 87.2 Å². The smallest absolute Gasteiger partial charge is 0.310 e. The van der Waals surface area contributed by atoms with E-state index in [2.05, 4.69) is 13.2 Å². The summed E-state index contributed by atoms with van der Waals surface area (Å²) in [4.78, 5) is 44.7. The molecule has 1 N–H and O–H groups in total. The number of thioether (sulfide) groups is 1. The van der Waals surface area contributed by atoms with Crippen LogP contribution in [0, 0.1) is 17.8 Å². The maximum Gasteiger partial charge on any atom is 0.310 e. The molecule has 0 aromatic rings. The zero-order chi connectivity index (χ0) is 25.2. The van der Waals surface area contributed by atoms with Crippen LogP contribution in [0.5, 0.6) is 0 Å². The van der Waals surface area contributed by atoms with E-state index in [0.717, 1.165) is 6.42 Å². The molecule has 3 saturated heterocycles. The number of hydrogen-bond acceptors (Lipinski definition) is 6. The van der Waals surface area contributed by atoms with Gasteiger partial charge in [0.1, 0.15) is 6.04 Å². The Hall–Kier alpha value is -1.80. The summed E-state index contributed by atoms with van der Waals surface area (Å²) in [6, 6.07) is -1.26.